The molecule has 0 aromatic heterocycles. The molecule has 1 saturated carbocycles. The summed E-state index contributed by atoms with van der Waals surface area (Å²) in [5, 5.41) is 0. The molecule has 0 amide bonds. The maximum Gasteiger partial charge on any atom is 0.243 e. The maximum absolute atomic E-state index is 12.6. The molecule has 2 fully saturated rings. The summed E-state index contributed by atoms with van der Waals surface area (Å²) < 4.78 is 26.9. The monoisotopic (exact) mass is 308 g/mol. The van der Waals surface area contributed by atoms with Crippen LogP contribution in [0.15, 0.2) is 29.2 Å². The highest BCUT2D eigenvalue weighted by Gasteiger charge is 2.35. The summed E-state index contributed by atoms with van der Waals surface area (Å²) in [5.74, 6) is 0.838. The molecule has 0 radical (unpaired) electrons. The molecule has 1 aliphatic carbocycles. The number of hydrogen-bond donors (Lipinski definition) is 0. The highest BCUT2D eigenvalue weighted by Crippen LogP contribution is 2.35. The molecule has 21 heavy (non-hydrogen) atoms. The fourth-order valence-corrected chi connectivity index (χ4v) is 4.51. The van der Waals surface area contributed by atoms with Crippen molar-refractivity contribution in [2.24, 2.45) is 5.92 Å². The van der Waals surface area contributed by atoms with E-state index in [1.165, 1.54) is 12.8 Å². The highest BCUT2D eigenvalue weighted by atomic mass is 32.2. The van der Waals surface area contributed by atoms with Crippen LogP contribution in [0.3, 0.4) is 0 Å². The Morgan fingerprint density at radius 3 is 2.14 bits per heavy atom. The number of sulfonamides is 1. The van der Waals surface area contributed by atoms with Crippen molar-refractivity contribution in [1.82, 2.24) is 9.21 Å². The van der Waals surface area contributed by atoms with E-state index in [4.69, 9.17) is 0 Å². The molecule has 4 nitrogen and oxygen atoms in total. The van der Waals surface area contributed by atoms with Crippen molar-refractivity contribution < 1.29 is 8.42 Å². The van der Waals surface area contributed by atoms with Gasteiger partial charge in [-0.05, 0) is 44.7 Å². The van der Waals surface area contributed by atoms with E-state index in [9.17, 15) is 8.42 Å². The molecule has 0 bridgehead atoms. The lowest BCUT2D eigenvalue weighted by molar-refractivity contribution is 0.133. The lowest BCUT2D eigenvalue weighted by Gasteiger charge is -2.37. The van der Waals surface area contributed by atoms with Crippen LogP contribution in [0.4, 0.5) is 0 Å². The third-order valence-electron chi connectivity index (χ3n) is 4.81. The average Bonchev–Trinajstić information content (AvgIpc) is 3.32. The van der Waals surface area contributed by atoms with Crippen molar-refractivity contribution in [2.75, 3.05) is 26.2 Å². The van der Waals surface area contributed by atoms with Crippen molar-refractivity contribution in [3.8, 4) is 0 Å². The molecule has 1 unspecified atom stereocenters. The van der Waals surface area contributed by atoms with Crippen LogP contribution >= 0.6 is 0 Å². The molecule has 1 saturated heterocycles. The lowest BCUT2D eigenvalue weighted by atomic mass is 10.1. The van der Waals surface area contributed by atoms with Gasteiger partial charge in [-0.2, -0.15) is 4.31 Å². The SMILES string of the molecule is Cc1ccc(S(=O)(=O)N2CCN(C(C)C3CC3)CC2)cc1. The second kappa shape index (κ2) is 5.71. The number of aryl methyl sites for hydroxylation is 1. The quantitative estimate of drug-likeness (QED) is 0.855. The highest BCUT2D eigenvalue weighted by molar-refractivity contribution is 7.89. The van der Waals surface area contributed by atoms with Gasteiger partial charge in [0.1, 0.15) is 0 Å². The molecule has 2 aliphatic rings. The molecule has 1 atom stereocenters. The summed E-state index contributed by atoms with van der Waals surface area (Å²) >= 11 is 0. The van der Waals surface area contributed by atoms with Gasteiger partial charge in [0.05, 0.1) is 4.90 Å². The molecule has 1 aromatic carbocycles. The maximum atomic E-state index is 12.6. The molecule has 1 aliphatic heterocycles. The third-order valence-corrected chi connectivity index (χ3v) is 6.73. The molecule has 1 heterocycles. The molecule has 1 aromatic rings. The van der Waals surface area contributed by atoms with Crippen LogP contribution in [-0.2, 0) is 10.0 Å². The Morgan fingerprint density at radius 2 is 1.62 bits per heavy atom. The Balaban J connectivity index is 1.66. The summed E-state index contributed by atoms with van der Waals surface area (Å²) in [4.78, 5) is 2.86. The normalized spacial score (nSPS) is 23.1. The Morgan fingerprint density at radius 1 is 1.05 bits per heavy atom. The van der Waals surface area contributed by atoms with E-state index in [1.807, 2.05) is 19.1 Å². The van der Waals surface area contributed by atoms with Gasteiger partial charge in [0.2, 0.25) is 10.0 Å². The second-order valence-electron chi connectivity index (χ2n) is 6.33. The Kier molecular flexibility index (Phi) is 4.08. The number of hydrogen-bond acceptors (Lipinski definition) is 3. The van der Waals surface area contributed by atoms with Crippen molar-refractivity contribution >= 4 is 10.0 Å². The minimum absolute atomic E-state index is 0.414. The average molecular weight is 308 g/mol. The molecular formula is C16H24N2O2S. The zero-order chi connectivity index (χ0) is 15.0. The van der Waals surface area contributed by atoms with E-state index >= 15 is 0 Å². The molecule has 0 N–H and O–H groups in total. The number of rotatable bonds is 4. The van der Waals surface area contributed by atoms with Crippen LogP contribution in [0.25, 0.3) is 0 Å². The first-order valence-corrected chi connectivity index (χ1v) is 9.23. The van der Waals surface area contributed by atoms with E-state index in [0.29, 0.717) is 24.0 Å². The van der Waals surface area contributed by atoms with Crippen molar-refractivity contribution in [2.45, 2.75) is 37.6 Å². The topological polar surface area (TPSA) is 40.6 Å². The van der Waals surface area contributed by atoms with E-state index in [0.717, 1.165) is 24.6 Å². The van der Waals surface area contributed by atoms with Gasteiger partial charge in [0, 0.05) is 32.2 Å². The molecular weight excluding hydrogens is 284 g/mol. The van der Waals surface area contributed by atoms with Gasteiger partial charge in [-0.15, -0.1) is 0 Å². The van der Waals surface area contributed by atoms with Crippen LogP contribution in [0, 0.1) is 12.8 Å². The standard InChI is InChI=1S/C16H24N2O2S/c1-13-3-7-16(8-4-13)21(19,20)18-11-9-17(10-12-18)14(2)15-5-6-15/h3-4,7-8,14-15H,5-6,9-12H2,1-2H3. The van der Waals surface area contributed by atoms with E-state index in [1.54, 1.807) is 16.4 Å². The van der Waals surface area contributed by atoms with Gasteiger partial charge in [0.15, 0.2) is 0 Å². The first-order chi connectivity index (χ1) is 9.98. The van der Waals surface area contributed by atoms with Gasteiger partial charge in [-0.25, -0.2) is 8.42 Å². The fraction of sp³-hybridized carbons (Fsp3) is 0.625. The third kappa shape index (κ3) is 3.15. The van der Waals surface area contributed by atoms with Gasteiger partial charge < -0.3 is 0 Å². The number of nitrogens with zero attached hydrogens (tertiary/aromatic N) is 2. The molecule has 0 spiro atoms. The summed E-state index contributed by atoms with van der Waals surface area (Å²) in [5.41, 5.74) is 1.08. The molecule has 5 heteroatoms. The van der Waals surface area contributed by atoms with E-state index in [-0.39, 0.29) is 0 Å². The van der Waals surface area contributed by atoms with Crippen LogP contribution < -0.4 is 0 Å². The van der Waals surface area contributed by atoms with Crippen molar-refractivity contribution in [1.29, 1.82) is 0 Å². The van der Waals surface area contributed by atoms with Crippen molar-refractivity contribution in [3.05, 3.63) is 29.8 Å². The van der Waals surface area contributed by atoms with Crippen LogP contribution in [-0.4, -0.2) is 49.8 Å². The number of benzene rings is 1. The van der Waals surface area contributed by atoms with Crippen LogP contribution in [0.2, 0.25) is 0 Å². The smallest absolute Gasteiger partial charge is 0.243 e. The largest absolute Gasteiger partial charge is 0.298 e. The summed E-state index contributed by atoms with van der Waals surface area (Å²) in [6, 6.07) is 7.75. The first-order valence-electron chi connectivity index (χ1n) is 7.79. The lowest BCUT2D eigenvalue weighted by Crippen LogP contribution is -2.51. The van der Waals surface area contributed by atoms with Gasteiger partial charge in [0.25, 0.3) is 0 Å². The zero-order valence-corrected chi connectivity index (χ0v) is 13.6. The zero-order valence-electron chi connectivity index (χ0n) is 12.8. The van der Waals surface area contributed by atoms with Gasteiger partial charge >= 0.3 is 0 Å². The Hall–Kier alpha value is -0.910. The van der Waals surface area contributed by atoms with E-state index < -0.39 is 10.0 Å². The fourth-order valence-electron chi connectivity index (χ4n) is 3.09. The van der Waals surface area contributed by atoms with Gasteiger partial charge in [-0.3, -0.25) is 4.90 Å². The van der Waals surface area contributed by atoms with Crippen molar-refractivity contribution in [3.63, 3.8) is 0 Å². The minimum atomic E-state index is -3.33. The predicted octanol–water partition coefficient (Wildman–Crippen LogP) is 2.10. The summed E-state index contributed by atoms with van der Waals surface area (Å²) in [7, 11) is -3.33. The van der Waals surface area contributed by atoms with Crippen LogP contribution in [0.5, 0.6) is 0 Å². The summed E-state index contributed by atoms with van der Waals surface area (Å²) in [6.45, 7) is 7.16. The minimum Gasteiger partial charge on any atom is -0.298 e. The van der Waals surface area contributed by atoms with E-state index in [2.05, 4.69) is 11.8 Å². The Labute approximate surface area is 127 Å². The first kappa shape index (κ1) is 15.0. The predicted molar refractivity (Wildman–Crippen MR) is 83.7 cm³/mol. The second-order valence-corrected chi connectivity index (χ2v) is 8.27. The Bertz CT molecular complexity index is 585. The molecule has 3 rings (SSSR count). The van der Waals surface area contributed by atoms with Crippen LogP contribution in [0.1, 0.15) is 25.3 Å². The summed E-state index contributed by atoms with van der Waals surface area (Å²) in [6.07, 6.45) is 2.67. The van der Waals surface area contributed by atoms with Gasteiger partial charge in [-0.1, -0.05) is 17.7 Å². The number of piperazine rings is 1. The molecule has 116 valence electrons.